The Labute approximate surface area is 73.6 Å². The van der Waals surface area contributed by atoms with Crippen LogP contribution in [-0.4, -0.2) is 25.2 Å². The second kappa shape index (κ2) is 3.90. The van der Waals surface area contributed by atoms with Crippen molar-refractivity contribution in [2.75, 3.05) is 13.6 Å². The topological polar surface area (TPSA) is 15.6 Å². The molecule has 0 radical (unpaired) electrons. The molecule has 12 heavy (non-hydrogen) atoms. The van der Waals surface area contributed by atoms with Gasteiger partial charge in [-0.05, 0) is 25.8 Å². The summed E-state index contributed by atoms with van der Waals surface area (Å²) < 4.78 is 0. The summed E-state index contributed by atoms with van der Waals surface area (Å²) in [6, 6.07) is 0. The highest BCUT2D eigenvalue weighted by Crippen LogP contribution is 2.16. The lowest BCUT2D eigenvalue weighted by Gasteiger charge is -2.22. The van der Waals surface area contributed by atoms with Gasteiger partial charge in [0.15, 0.2) is 0 Å². The lowest BCUT2D eigenvalue weighted by atomic mass is 10.2. The standard InChI is InChI=1S/C10H14N2/c1-4-6-10-9(11-2)7-5-8-12(10)3/h4-7H,2,8H2,1,3H3. The van der Waals surface area contributed by atoms with Crippen molar-refractivity contribution in [3.8, 4) is 0 Å². The second-order valence-corrected chi connectivity index (χ2v) is 2.71. The Kier molecular flexibility index (Phi) is 2.86. The molecule has 0 N–H and O–H groups in total. The number of allylic oxidation sites excluding steroid dienone is 3. The fourth-order valence-corrected chi connectivity index (χ4v) is 1.21. The lowest BCUT2D eigenvalue weighted by molar-refractivity contribution is 0.468. The Morgan fingerprint density at radius 2 is 2.42 bits per heavy atom. The van der Waals surface area contributed by atoms with Crippen LogP contribution >= 0.6 is 0 Å². The van der Waals surface area contributed by atoms with Gasteiger partial charge in [0, 0.05) is 13.6 Å². The van der Waals surface area contributed by atoms with Crippen LogP contribution < -0.4 is 0 Å². The fraction of sp³-hybridized carbons (Fsp3) is 0.300. The summed E-state index contributed by atoms with van der Waals surface area (Å²) in [5, 5.41) is 0. The smallest absolute Gasteiger partial charge is 0.0853 e. The third-order valence-corrected chi connectivity index (χ3v) is 1.82. The minimum atomic E-state index is 0.943. The molecule has 0 spiro atoms. The van der Waals surface area contributed by atoms with E-state index in [1.807, 2.05) is 32.2 Å². The van der Waals surface area contributed by atoms with E-state index >= 15 is 0 Å². The van der Waals surface area contributed by atoms with Gasteiger partial charge < -0.3 is 4.90 Å². The molecule has 1 rings (SSSR count). The minimum absolute atomic E-state index is 0.943. The molecule has 0 bridgehead atoms. The van der Waals surface area contributed by atoms with Crippen LogP contribution in [0.4, 0.5) is 0 Å². The summed E-state index contributed by atoms with van der Waals surface area (Å²) in [6.07, 6.45) is 8.14. The first-order chi connectivity index (χ1) is 5.79. The molecule has 0 atom stereocenters. The van der Waals surface area contributed by atoms with Gasteiger partial charge in [-0.1, -0.05) is 12.2 Å². The molecule has 0 aromatic heterocycles. The van der Waals surface area contributed by atoms with Crippen molar-refractivity contribution < 1.29 is 0 Å². The number of nitrogens with zero attached hydrogens (tertiary/aromatic N) is 2. The average molecular weight is 162 g/mol. The summed E-state index contributed by atoms with van der Waals surface area (Å²) in [5.41, 5.74) is 2.08. The summed E-state index contributed by atoms with van der Waals surface area (Å²) in [5.74, 6) is 0. The van der Waals surface area contributed by atoms with Crippen molar-refractivity contribution >= 4 is 6.72 Å². The molecule has 0 aromatic carbocycles. The molecule has 0 aliphatic carbocycles. The van der Waals surface area contributed by atoms with Crippen LogP contribution in [0.3, 0.4) is 0 Å². The predicted molar refractivity (Wildman–Crippen MR) is 53.2 cm³/mol. The summed E-state index contributed by atoms with van der Waals surface area (Å²) >= 11 is 0. The van der Waals surface area contributed by atoms with Crippen molar-refractivity contribution in [1.82, 2.24) is 4.90 Å². The van der Waals surface area contributed by atoms with E-state index in [4.69, 9.17) is 0 Å². The molecule has 0 fully saturated rings. The summed E-state index contributed by atoms with van der Waals surface area (Å²) in [4.78, 5) is 6.09. The summed E-state index contributed by atoms with van der Waals surface area (Å²) in [6.45, 7) is 6.47. The van der Waals surface area contributed by atoms with Crippen LogP contribution in [0.25, 0.3) is 0 Å². The zero-order chi connectivity index (χ0) is 8.97. The Bertz CT molecular complexity index is 259. The van der Waals surface area contributed by atoms with Crippen LogP contribution in [0.2, 0.25) is 0 Å². The Morgan fingerprint density at radius 1 is 1.67 bits per heavy atom. The quantitative estimate of drug-likeness (QED) is 0.567. The molecule has 2 nitrogen and oxygen atoms in total. The molecule has 1 aliphatic heterocycles. The average Bonchev–Trinajstić information content (AvgIpc) is 2.09. The van der Waals surface area contributed by atoms with Crippen LogP contribution in [0.5, 0.6) is 0 Å². The highest BCUT2D eigenvalue weighted by atomic mass is 15.1. The van der Waals surface area contributed by atoms with Gasteiger partial charge in [-0.3, -0.25) is 4.99 Å². The maximum Gasteiger partial charge on any atom is 0.0853 e. The monoisotopic (exact) mass is 162 g/mol. The number of hydrogen-bond donors (Lipinski definition) is 0. The molecular formula is C10H14N2. The zero-order valence-electron chi connectivity index (χ0n) is 7.62. The van der Waals surface area contributed by atoms with Crippen molar-refractivity contribution in [2.45, 2.75) is 6.92 Å². The van der Waals surface area contributed by atoms with E-state index < -0.39 is 0 Å². The maximum atomic E-state index is 3.95. The molecule has 0 amide bonds. The van der Waals surface area contributed by atoms with Gasteiger partial charge >= 0.3 is 0 Å². The number of likely N-dealkylation sites (N-methyl/N-ethyl adjacent to an activating group) is 1. The van der Waals surface area contributed by atoms with Crippen molar-refractivity contribution in [3.05, 3.63) is 35.7 Å². The van der Waals surface area contributed by atoms with Crippen LogP contribution in [0.15, 0.2) is 40.7 Å². The third kappa shape index (κ3) is 1.64. The van der Waals surface area contributed by atoms with Gasteiger partial charge in [0.25, 0.3) is 0 Å². The molecule has 1 heterocycles. The number of rotatable bonds is 2. The first kappa shape index (κ1) is 8.78. The maximum absolute atomic E-state index is 3.95. The first-order valence-corrected chi connectivity index (χ1v) is 4.01. The number of aliphatic imine (C=N–C) groups is 1. The van der Waals surface area contributed by atoms with Gasteiger partial charge in [0.05, 0.1) is 11.4 Å². The van der Waals surface area contributed by atoms with Crippen molar-refractivity contribution in [2.24, 2.45) is 4.99 Å². The van der Waals surface area contributed by atoms with E-state index in [0.29, 0.717) is 0 Å². The van der Waals surface area contributed by atoms with E-state index in [2.05, 4.69) is 22.7 Å². The lowest BCUT2D eigenvalue weighted by Crippen LogP contribution is -2.20. The number of hydrogen-bond acceptors (Lipinski definition) is 2. The van der Waals surface area contributed by atoms with Gasteiger partial charge in [-0.15, -0.1) is 0 Å². The molecule has 0 unspecified atom stereocenters. The molecular weight excluding hydrogens is 148 g/mol. The Hall–Kier alpha value is -1.31. The summed E-state index contributed by atoms with van der Waals surface area (Å²) in [7, 11) is 2.05. The van der Waals surface area contributed by atoms with Gasteiger partial charge in [0.2, 0.25) is 0 Å². The highest BCUT2D eigenvalue weighted by molar-refractivity contribution is 5.40. The highest BCUT2D eigenvalue weighted by Gasteiger charge is 2.08. The molecule has 0 aromatic rings. The predicted octanol–water partition coefficient (Wildman–Crippen LogP) is 1.98. The SMILES string of the molecule is C=NC1=C(C=CC)N(C)CC=C1. The zero-order valence-corrected chi connectivity index (χ0v) is 7.62. The van der Waals surface area contributed by atoms with Crippen molar-refractivity contribution in [3.63, 3.8) is 0 Å². The molecule has 0 saturated carbocycles. The van der Waals surface area contributed by atoms with E-state index in [0.717, 1.165) is 17.9 Å². The van der Waals surface area contributed by atoms with E-state index in [1.54, 1.807) is 0 Å². The minimum Gasteiger partial charge on any atom is -0.369 e. The molecule has 1 aliphatic rings. The normalized spacial score (nSPS) is 17.7. The van der Waals surface area contributed by atoms with E-state index in [9.17, 15) is 0 Å². The van der Waals surface area contributed by atoms with Gasteiger partial charge in [0.1, 0.15) is 0 Å². The van der Waals surface area contributed by atoms with Gasteiger partial charge in [-0.2, -0.15) is 0 Å². The molecule has 0 saturated heterocycles. The van der Waals surface area contributed by atoms with Crippen LogP contribution in [-0.2, 0) is 0 Å². The van der Waals surface area contributed by atoms with Gasteiger partial charge in [-0.25, -0.2) is 0 Å². The van der Waals surface area contributed by atoms with Crippen molar-refractivity contribution in [1.29, 1.82) is 0 Å². The molecule has 64 valence electrons. The third-order valence-electron chi connectivity index (χ3n) is 1.82. The molecule has 2 heteroatoms. The Balaban J connectivity index is 3.03. The van der Waals surface area contributed by atoms with E-state index in [1.165, 1.54) is 0 Å². The largest absolute Gasteiger partial charge is 0.369 e. The second-order valence-electron chi connectivity index (χ2n) is 2.71. The fourth-order valence-electron chi connectivity index (χ4n) is 1.21. The Morgan fingerprint density at radius 3 is 3.00 bits per heavy atom. The van der Waals surface area contributed by atoms with Crippen LogP contribution in [0, 0.1) is 0 Å². The van der Waals surface area contributed by atoms with E-state index in [-0.39, 0.29) is 0 Å². The van der Waals surface area contributed by atoms with Crippen LogP contribution in [0.1, 0.15) is 6.92 Å². The first-order valence-electron chi connectivity index (χ1n) is 4.01.